The second kappa shape index (κ2) is 2.14. The topological polar surface area (TPSA) is 21.3 Å². The van der Waals surface area contributed by atoms with Crippen molar-refractivity contribution in [3.8, 4) is 0 Å². The van der Waals surface area contributed by atoms with Crippen LogP contribution in [0.25, 0.3) is 0 Å². The van der Waals surface area contributed by atoms with E-state index in [0.717, 1.165) is 5.92 Å². The molecule has 1 saturated heterocycles. The van der Waals surface area contributed by atoms with Gasteiger partial charge in [0.25, 0.3) is 0 Å². The Balaban J connectivity index is 2.07. The summed E-state index contributed by atoms with van der Waals surface area (Å²) in [6.45, 7) is 7.22. The molecule has 13 heavy (non-hydrogen) atoms. The highest BCUT2D eigenvalue weighted by molar-refractivity contribution is 6.25. The normalized spacial score (nSPS) is 56.4. The molecule has 4 atom stereocenters. The summed E-state index contributed by atoms with van der Waals surface area (Å²) >= 11 is 0. The van der Waals surface area contributed by atoms with Gasteiger partial charge < -0.3 is 9.88 Å². The van der Waals surface area contributed by atoms with E-state index in [1.54, 1.807) is 7.62 Å². The Morgan fingerprint density at radius 2 is 2.15 bits per heavy atom. The fourth-order valence-electron chi connectivity index (χ4n) is 3.94. The molecular weight excluding hydrogens is 161 g/mol. The van der Waals surface area contributed by atoms with Gasteiger partial charge in [0.1, 0.15) is 0 Å². The number of fused-ring (bicyclic) bond motifs is 5. The van der Waals surface area contributed by atoms with Crippen LogP contribution in [0.15, 0.2) is 0 Å². The predicted octanol–water partition coefficient (Wildman–Crippen LogP) is 1.33. The molecule has 0 aromatic heterocycles. The maximum absolute atomic E-state index is 5.71. The van der Waals surface area contributed by atoms with Gasteiger partial charge in [0.2, 0.25) is 0 Å². The molecule has 3 fully saturated rings. The molecule has 2 nitrogen and oxygen atoms in total. The summed E-state index contributed by atoms with van der Waals surface area (Å²) in [6, 6.07) is 0.591. The molecule has 3 rings (SSSR count). The fraction of sp³-hybridized carbons (Fsp3) is 1.00. The molecule has 71 valence electrons. The quantitative estimate of drug-likeness (QED) is 0.565. The summed E-state index contributed by atoms with van der Waals surface area (Å²) in [6.07, 6.45) is 3.14. The maximum Gasteiger partial charge on any atom is 0.396 e. The average Bonchev–Trinajstić information content (AvgIpc) is 2.63. The first kappa shape index (κ1) is 8.31. The summed E-state index contributed by atoms with van der Waals surface area (Å²) in [7, 11) is 1.81. The van der Waals surface area contributed by atoms with Crippen molar-refractivity contribution in [2.75, 3.05) is 0 Å². The van der Waals surface area contributed by atoms with Crippen LogP contribution in [0, 0.1) is 16.7 Å². The van der Waals surface area contributed by atoms with Crippen LogP contribution >= 0.6 is 0 Å². The molecule has 3 heteroatoms. The van der Waals surface area contributed by atoms with Gasteiger partial charge in [0, 0.05) is 6.04 Å². The monoisotopic (exact) mass is 178 g/mol. The summed E-state index contributed by atoms with van der Waals surface area (Å²) in [5.74, 6) is 0.807. The Morgan fingerprint density at radius 3 is 2.85 bits per heavy atom. The molecular formula is C10H17BNO. The van der Waals surface area contributed by atoms with Gasteiger partial charge in [-0.15, -0.1) is 0 Å². The second-order valence-corrected chi connectivity index (χ2v) is 5.65. The van der Waals surface area contributed by atoms with E-state index in [2.05, 4.69) is 26.0 Å². The number of hydrogen-bond donors (Lipinski definition) is 1. The lowest BCUT2D eigenvalue weighted by Crippen LogP contribution is -2.40. The van der Waals surface area contributed by atoms with Crippen LogP contribution in [0.1, 0.15) is 33.6 Å². The molecule has 0 spiro atoms. The van der Waals surface area contributed by atoms with Gasteiger partial charge in [-0.05, 0) is 29.6 Å². The van der Waals surface area contributed by atoms with E-state index >= 15 is 0 Å². The van der Waals surface area contributed by atoms with Crippen molar-refractivity contribution in [3.63, 3.8) is 0 Å². The summed E-state index contributed by atoms with van der Waals surface area (Å²) in [4.78, 5) is 0. The zero-order valence-corrected chi connectivity index (χ0v) is 8.63. The van der Waals surface area contributed by atoms with Crippen LogP contribution in [-0.2, 0) is 4.65 Å². The van der Waals surface area contributed by atoms with Crippen LogP contribution < -0.4 is 5.23 Å². The van der Waals surface area contributed by atoms with Crippen molar-refractivity contribution in [1.82, 2.24) is 5.23 Å². The Hall–Kier alpha value is -0.0151. The Kier molecular flexibility index (Phi) is 1.37. The molecule has 3 aliphatic rings. The van der Waals surface area contributed by atoms with Crippen molar-refractivity contribution >= 4 is 7.62 Å². The van der Waals surface area contributed by atoms with Gasteiger partial charge in [0.05, 0.1) is 6.10 Å². The van der Waals surface area contributed by atoms with E-state index in [1.165, 1.54) is 12.8 Å². The minimum absolute atomic E-state index is 0.391. The van der Waals surface area contributed by atoms with Crippen LogP contribution in [0.2, 0.25) is 0 Å². The number of hydrogen-bond acceptors (Lipinski definition) is 2. The third-order valence-corrected chi connectivity index (χ3v) is 5.24. The highest BCUT2D eigenvalue weighted by atomic mass is 16.5. The van der Waals surface area contributed by atoms with E-state index in [9.17, 15) is 0 Å². The fourth-order valence-corrected chi connectivity index (χ4v) is 3.94. The van der Waals surface area contributed by atoms with Crippen molar-refractivity contribution in [2.24, 2.45) is 16.7 Å². The molecule has 1 heterocycles. The van der Waals surface area contributed by atoms with E-state index in [1.807, 2.05) is 0 Å². The Morgan fingerprint density at radius 1 is 1.38 bits per heavy atom. The smallest absolute Gasteiger partial charge is 0.396 e. The van der Waals surface area contributed by atoms with Gasteiger partial charge in [0.15, 0.2) is 0 Å². The van der Waals surface area contributed by atoms with Crippen molar-refractivity contribution in [2.45, 2.75) is 45.8 Å². The molecule has 0 amide bonds. The minimum atomic E-state index is 0.391. The van der Waals surface area contributed by atoms with E-state index in [4.69, 9.17) is 4.65 Å². The molecule has 0 unspecified atom stereocenters. The second-order valence-electron chi connectivity index (χ2n) is 5.65. The van der Waals surface area contributed by atoms with Crippen LogP contribution in [0.4, 0.5) is 0 Å². The average molecular weight is 178 g/mol. The third kappa shape index (κ3) is 0.711. The molecule has 2 saturated carbocycles. The Bertz CT molecular complexity index is 253. The van der Waals surface area contributed by atoms with Crippen LogP contribution in [0.3, 0.4) is 0 Å². The Labute approximate surface area is 80.7 Å². The van der Waals surface area contributed by atoms with E-state index in [0.29, 0.717) is 23.0 Å². The SMILES string of the molecule is CC1(C)[C@@H]2CC[C@@]1(C)[C@@H]1O[B]N[C@H]21. The molecule has 0 aromatic carbocycles. The number of nitrogens with one attached hydrogen (secondary N) is 1. The predicted molar refractivity (Wildman–Crippen MR) is 52.2 cm³/mol. The molecule has 1 aliphatic heterocycles. The highest BCUT2D eigenvalue weighted by Crippen LogP contribution is 2.66. The van der Waals surface area contributed by atoms with Crippen LogP contribution in [0.5, 0.6) is 0 Å². The van der Waals surface area contributed by atoms with Gasteiger partial charge in [-0.25, -0.2) is 0 Å². The van der Waals surface area contributed by atoms with Gasteiger partial charge in [-0.1, -0.05) is 20.8 Å². The third-order valence-electron chi connectivity index (χ3n) is 5.24. The van der Waals surface area contributed by atoms with Gasteiger partial charge in [-0.2, -0.15) is 0 Å². The first-order valence-corrected chi connectivity index (χ1v) is 5.30. The standard InChI is InChI=1S/C10H17BNO/c1-9(2)6-4-5-10(9,3)8-7(6)12-11-13-8/h6-8,12H,4-5H2,1-3H3/t6-,7-,8-,10+/m1/s1. The first-order chi connectivity index (χ1) is 6.07. The van der Waals surface area contributed by atoms with Crippen molar-refractivity contribution < 1.29 is 4.65 Å². The lowest BCUT2D eigenvalue weighted by molar-refractivity contribution is 0.0388. The molecule has 2 bridgehead atoms. The molecule has 1 N–H and O–H groups in total. The summed E-state index contributed by atoms with van der Waals surface area (Å²) < 4.78 is 5.71. The largest absolute Gasteiger partial charge is 0.419 e. The highest BCUT2D eigenvalue weighted by Gasteiger charge is 2.67. The van der Waals surface area contributed by atoms with E-state index in [-0.39, 0.29) is 0 Å². The first-order valence-electron chi connectivity index (χ1n) is 5.30. The minimum Gasteiger partial charge on any atom is -0.419 e. The van der Waals surface area contributed by atoms with Crippen molar-refractivity contribution in [3.05, 3.63) is 0 Å². The maximum atomic E-state index is 5.71. The zero-order valence-electron chi connectivity index (χ0n) is 8.63. The summed E-state index contributed by atoms with van der Waals surface area (Å²) in [5, 5.41) is 3.38. The molecule has 2 aliphatic carbocycles. The van der Waals surface area contributed by atoms with Crippen LogP contribution in [-0.4, -0.2) is 19.8 Å². The van der Waals surface area contributed by atoms with Gasteiger partial charge in [-0.3, -0.25) is 0 Å². The lowest BCUT2D eigenvalue weighted by atomic mass is 9.70. The molecule has 1 radical (unpaired) electrons. The summed E-state index contributed by atoms with van der Waals surface area (Å²) in [5.41, 5.74) is 0.839. The number of rotatable bonds is 0. The molecule has 0 aromatic rings. The van der Waals surface area contributed by atoms with E-state index < -0.39 is 0 Å². The van der Waals surface area contributed by atoms with Crippen molar-refractivity contribution in [1.29, 1.82) is 0 Å². The van der Waals surface area contributed by atoms with Gasteiger partial charge >= 0.3 is 7.62 Å². The lowest BCUT2D eigenvalue weighted by Gasteiger charge is -2.38. The zero-order chi connectivity index (χ0) is 9.27.